The van der Waals surface area contributed by atoms with Crippen LogP contribution in [0.25, 0.3) is 55.2 Å². The summed E-state index contributed by atoms with van der Waals surface area (Å²) in [4.78, 5) is 17.7. The number of halogens is 1. The second-order valence-electron chi connectivity index (χ2n) is 8.76. The molecule has 5 heterocycles. The molecule has 0 radical (unpaired) electrons. The van der Waals surface area contributed by atoms with Crippen molar-refractivity contribution in [2.24, 2.45) is 0 Å². The van der Waals surface area contributed by atoms with E-state index in [4.69, 9.17) is 9.72 Å². The monoisotopic (exact) mass is 518 g/mol. The molecule has 0 fully saturated rings. The molecule has 7 aromatic rings. The van der Waals surface area contributed by atoms with E-state index in [2.05, 4.69) is 31.2 Å². The maximum atomic E-state index is 13.7. The van der Waals surface area contributed by atoms with E-state index in [0.717, 1.165) is 49.3 Å². The summed E-state index contributed by atoms with van der Waals surface area (Å²) < 4.78 is 19.7. The molecular formula is C29H19FN6OS. The minimum absolute atomic E-state index is 0.260. The second kappa shape index (κ2) is 9.20. The normalized spacial score (nSPS) is 11.4. The van der Waals surface area contributed by atoms with Gasteiger partial charge in [0, 0.05) is 23.3 Å². The highest BCUT2D eigenvalue weighted by Crippen LogP contribution is 2.34. The van der Waals surface area contributed by atoms with Gasteiger partial charge in [0.15, 0.2) is 11.0 Å². The number of nitrogens with zero attached hydrogens (tertiary/aromatic N) is 4. The fourth-order valence-electron chi connectivity index (χ4n) is 4.44. The van der Waals surface area contributed by atoms with Crippen LogP contribution in [0.2, 0.25) is 0 Å². The molecule has 0 aliphatic rings. The third-order valence-electron chi connectivity index (χ3n) is 6.29. The third-order valence-corrected chi connectivity index (χ3v) is 7.17. The number of thiophene rings is 1. The topological polar surface area (TPSA) is 92.4 Å². The number of rotatable bonds is 6. The summed E-state index contributed by atoms with van der Waals surface area (Å²) in [5.74, 6) is 1.30. The lowest BCUT2D eigenvalue weighted by Gasteiger charge is -2.08. The second-order valence-corrected chi connectivity index (χ2v) is 9.80. The highest BCUT2D eigenvalue weighted by atomic mass is 32.1. The maximum Gasteiger partial charge on any atom is 0.177 e. The van der Waals surface area contributed by atoms with Crippen molar-refractivity contribution in [3.8, 4) is 39.0 Å². The Hall–Kier alpha value is -4.89. The molecule has 7 rings (SSSR count). The van der Waals surface area contributed by atoms with Crippen molar-refractivity contribution >= 4 is 33.3 Å². The number of pyridine rings is 2. The Morgan fingerprint density at radius 2 is 1.79 bits per heavy atom. The Bertz CT molecular complexity index is 1910. The van der Waals surface area contributed by atoms with Crippen molar-refractivity contribution in [2.75, 3.05) is 0 Å². The van der Waals surface area contributed by atoms with Crippen LogP contribution in [0, 0.1) is 5.13 Å². The van der Waals surface area contributed by atoms with E-state index >= 15 is 0 Å². The van der Waals surface area contributed by atoms with E-state index in [-0.39, 0.29) is 5.13 Å². The molecule has 5 aromatic heterocycles. The molecule has 7 nitrogen and oxygen atoms in total. The predicted molar refractivity (Wildman–Crippen MR) is 146 cm³/mol. The minimum atomic E-state index is -0.260. The van der Waals surface area contributed by atoms with Gasteiger partial charge in [-0.1, -0.05) is 36.4 Å². The molecule has 2 N–H and O–H groups in total. The van der Waals surface area contributed by atoms with Crippen LogP contribution in [0.5, 0.6) is 5.75 Å². The Morgan fingerprint density at radius 3 is 2.66 bits per heavy atom. The van der Waals surface area contributed by atoms with Gasteiger partial charge in [0.2, 0.25) is 0 Å². The van der Waals surface area contributed by atoms with Crippen LogP contribution < -0.4 is 4.74 Å². The van der Waals surface area contributed by atoms with Crippen LogP contribution in [0.3, 0.4) is 0 Å². The van der Waals surface area contributed by atoms with Crippen LogP contribution in [-0.4, -0.2) is 30.1 Å². The van der Waals surface area contributed by atoms with Crippen LogP contribution >= 0.6 is 11.3 Å². The Kier molecular flexibility index (Phi) is 5.41. The Labute approximate surface area is 220 Å². The van der Waals surface area contributed by atoms with Crippen molar-refractivity contribution in [1.82, 2.24) is 30.1 Å². The van der Waals surface area contributed by atoms with Gasteiger partial charge < -0.3 is 9.72 Å². The highest BCUT2D eigenvalue weighted by Gasteiger charge is 2.17. The zero-order chi connectivity index (χ0) is 25.5. The van der Waals surface area contributed by atoms with Crippen molar-refractivity contribution in [3.05, 3.63) is 102 Å². The number of hydrogen-bond donors (Lipinski definition) is 2. The van der Waals surface area contributed by atoms with Crippen molar-refractivity contribution in [2.45, 2.75) is 6.61 Å². The van der Waals surface area contributed by atoms with Crippen LogP contribution in [0.1, 0.15) is 5.56 Å². The van der Waals surface area contributed by atoms with Gasteiger partial charge in [-0.15, -0.1) is 11.3 Å². The van der Waals surface area contributed by atoms with Gasteiger partial charge in [0.25, 0.3) is 0 Å². The lowest BCUT2D eigenvalue weighted by Crippen LogP contribution is -1.95. The fraction of sp³-hybridized carbons (Fsp3) is 0.0345. The number of aromatic amines is 2. The first kappa shape index (κ1) is 22.3. The summed E-state index contributed by atoms with van der Waals surface area (Å²) in [6, 6.07) is 23.1. The first-order valence-electron chi connectivity index (χ1n) is 11.9. The number of H-pyrrole nitrogens is 2. The summed E-state index contributed by atoms with van der Waals surface area (Å²) >= 11 is 1.05. The van der Waals surface area contributed by atoms with Crippen LogP contribution in [-0.2, 0) is 6.61 Å². The van der Waals surface area contributed by atoms with E-state index in [1.165, 1.54) is 6.07 Å². The number of imidazole rings is 1. The molecule has 0 unspecified atom stereocenters. The molecule has 2 aromatic carbocycles. The first-order valence-corrected chi connectivity index (χ1v) is 12.7. The van der Waals surface area contributed by atoms with Gasteiger partial charge in [0.05, 0.1) is 22.1 Å². The van der Waals surface area contributed by atoms with Gasteiger partial charge in [-0.25, -0.2) is 4.98 Å². The van der Waals surface area contributed by atoms with Crippen LogP contribution in [0.15, 0.2) is 91.4 Å². The number of ether oxygens (including phenoxy) is 1. The molecule has 38 heavy (non-hydrogen) atoms. The molecule has 0 saturated carbocycles. The molecule has 0 spiro atoms. The van der Waals surface area contributed by atoms with Gasteiger partial charge in [-0.3, -0.25) is 15.1 Å². The molecule has 0 amide bonds. The first-order chi connectivity index (χ1) is 18.7. The third kappa shape index (κ3) is 4.08. The molecule has 0 bridgehead atoms. The Morgan fingerprint density at radius 1 is 0.868 bits per heavy atom. The van der Waals surface area contributed by atoms with E-state index in [1.807, 2.05) is 60.8 Å². The lowest BCUT2D eigenvalue weighted by molar-refractivity contribution is 0.305. The summed E-state index contributed by atoms with van der Waals surface area (Å²) in [6.07, 6.45) is 5.22. The summed E-state index contributed by atoms with van der Waals surface area (Å²) in [7, 11) is 0. The zero-order valence-electron chi connectivity index (χ0n) is 19.9. The lowest BCUT2D eigenvalue weighted by atomic mass is 10.0. The van der Waals surface area contributed by atoms with Crippen molar-refractivity contribution in [3.63, 3.8) is 0 Å². The van der Waals surface area contributed by atoms with E-state index in [0.29, 0.717) is 35.1 Å². The molecule has 184 valence electrons. The summed E-state index contributed by atoms with van der Waals surface area (Å²) in [5, 5.41) is 8.29. The van der Waals surface area contributed by atoms with Gasteiger partial charge in [0.1, 0.15) is 29.3 Å². The maximum absolute atomic E-state index is 13.7. The van der Waals surface area contributed by atoms with Crippen LogP contribution in [0.4, 0.5) is 4.39 Å². The molecule has 0 aliphatic heterocycles. The highest BCUT2D eigenvalue weighted by molar-refractivity contribution is 7.13. The number of aromatic nitrogens is 6. The Balaban J connectivity index is 1.24. The number of benzene rings is 2. The van der Waals surface area contributed by atoms with Gasteiger partial charge in [-0.05, 0) is 47.5 Å². The van der Waals surface area contributed by atoms with Gasteiger partial charge in [-0.2, -0.15) is 9.49 Å². The quantitative estimate of drug-likeness (QED) is 0.247. The molecule has 0 aliphatic carbocycles. The molecular weight excluding hydrogens is 499 g/mol. The van der Waals surface area contributed by atoms with E-state index in [9.17, 15) is 4.39 Å². The van der Waals surface area contributed by atoms with Gasteiger partial charge >= 0.3 is 0 Å². The average molecular weight is 519 g/mol. The minimum Gasteiger partial charge on any atom is -0.487 e. The fourth-order valence-corrected chi connectivity index (χ4v) is 5.17. The summed E-state index contributed by atoms with van der Waals surface area (Å²) in [6.45, 7) is 0.470. The summed E-state index contributed by atoms with van der Waals surface area (Å²) in [5.41, 5.74) is 6.68. The predicted octanol–water partition coefficient (Wildman–Crippen LogP) is 7.01. The van der Waals surface area contributed by atoms with E-state index in [1.54, 1.807) is 18.5 Å². The number of hydrogen-bond acceptors (Lipinski definition) is 6. The van der Waals surface area contributed by atoms with Crippen molar-refractivity contribution < 1.29 is 9.13 Å². The smallest absolute Gasteiger partial charge is 0.177 e. The molecule has 0 saturated heterocycles. The van der Waals surface area contributed by atoms with E-state index < -0.39 is 0 Å². The standard InChI is InChI=1S/C29H19FN6OS/c30-25-9-8-24(38-25)28-27-23(10-11-32-28)33-29(34-27)26-21-13-18(6-7-22(21)35-36-26)19-12-20(15-31-14-19)37-16-17-4-2-1-3-5-17/h1-15H,16H2,(H,33,34)(H,35,36). The zero-order valence-corrected chi connectivity index (χ0v) is 20.7. The van der Waals surface area contributed by atoms with Crippen molar-refractivity contribution in [1.29, 1.82) is 0 Å². The number of fused-ring (bicyclic) bond motifs is 2. The SMILES string of the molecule is Fc1ccc(-c2nccc3[nH]c(-c4n[nH]c5ccc(-c6cncc(OCc7ccccc7)c6)cc45)nc23)s1. The number of nitrogens with one attached hydrogen (secondary N) is 2. The molecule has 0 atom stereocenters. The molecule has 9 heteroatoms. The largest absolute Gasteiger partial charge is 0.487 e. The average Bonchev–Trinajstić information content (AvgIpc) is 3.70.